The zero-order valence-corrected chi connectivity index (χ0v) is 11.9. The van der Waals surface area contributed by atoms with E-state index in [9.17, 15) is 9.59 Å². The van der Waals surface area contributed by atoms with Gasteiger partial charge in [-0.1, -0.05) is 0 Å². The molecular formula is C14H24N4O2. The minimum Gasteiger partial charge on any atom is -0.342 e. The summed E-state index contributed by atoms with van der Waals surface area (Å²) in [6.45, 7) is 3.05. The van der Waals surface area contributed by atoms with Gasteiger partial charge >= 0.3 is 6.03 Å². The number of nitrogens with one attached hydrogen (secondary N) is 1. The number of urea groups is 1. The van der Waals surface area contributed by atoms with Crippen LogP contribution in [0.25, 0.3) is 0 Å². The van der Waals surface area contributed by atoms with Crippen LogP contribution in [0.15, 0.2) is 0 Å². The Morgan fingerprint density at radius 2 is 1.95 bits per heavy atom. The molecule has 0 aromatic heterocycles. The van der Waals surface area contributed by atoms with Crippen molar-refractivity contribution in [2.45, 2.75) is 44.2 Å². The smallest absolute Gasteiger partial charge is 0.317 e. The van der Waals surface area contributed by atoms with Crippen LogP contribution in [0.1, 0.15) is 32.1 Å². The predicted octanol–water partition coefficient (Wildman–Crippen LogP) is 0.130. The van der Waals surface area contributed by atoms with Crippen LogP contribution in [0.2, 0.25) is 0 Å². The van der Waals surface area contributed by atoms with E-state index in [1.165, 1.54) is 12.8 Å². The average Bonchev–Trinajstić information content (AvgIpc) is 3.21. The molecule has 0 bridgehead atoms. The summed E-state index contributed by atoms with van der Waals surface area (Å²) >= 11 is 0. The molecule has 1 aliphatic carbocycles. The summed E-state index contributed by atoms with van der Waals surface area (Å²) in [7, 11) is 0. The minimum atomic E-state index is 0.0459. The quantitative estimate of drug-likeness (QED) is 0.768. The van der Waals surface area contributed by atoms with Crippen molar-refractivity contribution in [2.24, 2.45) is 11.7 Å². The Morgan fingerprint density at radius 1 is 1.25 bits per heavy atom. The molecule has 0 radical (unpaired) electrons. The molecule has 3 fully saturated rings. The summed E-state index contributed by atoms with van der Waals surface area (Å²) in [4.78, 5) is 27.7. The number of carbonyl (C=O) groups excluding carboxylic acids is 2. The molecular weight excluding hydrogens is 256 g/mol. The van der Waals surface area contributed by atoms with Crippen LogP contribution in [-0.2, 0) is 4.79 Å². The van der Waals surface area contributed by atoms with Crippen LogP contribution in [0, 0.1) is 5.92 Å². The van der Waals surface area contributed by atoms with E-state index in [1.54, 1.807) is 0 Å². The SMILES string of the molecule is NC(CC(=O)N1CCC(N2CCNC2=O)CC1)C1CC1. The van der Waals surface area contributed by atoms with E-state index < -0.39 is 0 Å². The lowest BCUT2D eigenvalue weighted by molar-refractivity contribution is -0.133. The molecule has 2 heterocycles. The van der Waals surface area contributed by atoms with E-state index in [0.717, 1.165) is 39.0 Å². The third kappa shape index (κ3) is 2.90. The predicted molar refractivity (Wildman–Crippen MR) is 75.0 cm³/mol. The molecule has 1 atom stereocenters. The Kier molecular flexibility index (Phi) is 3.83. The van der Waals surface area contributed by atoms with Gasteiger partial charge in [-0.15, -0.1) is 0 Å². The lowest BCUT2D eigenvalue weighted by Crippen LogP contribution is -2.48. The molecule has 2 aliphatic heterocycles. The summed E-state index contributed by atoms with van der Waals surface area (Å²) in [6.07, 6.45) is 4.62. The number of carbonyl (C=O) groups is 2. The molecule has 0 spiro atoms. The zero-order chi connectivity index (χ0) is 14.1. The van der Waals surface area contributed by atoms with Gasteiger partial charge in [0, 0.05) is 44.7 Å². The fourth-order valence-corrected chi connectivity index (χ4v) is 3.28. The van der Waals surface area contributed by atoms with Crippen molar-refractivity contribution in [2.75, 3.05) is 26.2 Å². The number of piperidine rings is 1. The molecule has 1 unspecified atom stereocenters. The van der Waals surface area contributed by atoms with Crippen LogP contribution >= 0.6 is 0 Å². The molecule has 6 nitrogen and oxygen atoms in total. The average molecular weight is 280 g/mol. The van der Waals surface area contributed by atoms with Crippen LogP contribution in [0.3, 0.4) is 0 Å². The molecule has 20 heavy (non-hydrogen) atoms. The number of hydrogen-bond donors (Lipinski definition) is 2. The summed E-state index contributed by atoms with van der Waals surface area (Å²) < 4.78 is 0. The van der Waals surface area contributed by atoms with Gasteiger partial charge in [-0.3, -0.25) is 4.79 Å². The summed E-state index contributed by atoms with van der Waals surface area (Å²) in [5, 5.41) is 2.84. The van der Waals surface area contributed by atoms with Crippen molar-refractivity contribution >= 4 is 11.9 Å². The second-order valence-electron chi connectivity index (χ2n) is 6.24. The Balaban J connectivity index is 1.45. The van der Waals surface area contributed by atoms with Crippen molar-refractivity contribution in [3.63, 3.8) is 0 Å². The van der Waals surface area contributed by atoms with Gasteiger partial charge < -0.3 is 20.9 Å². The van der Waals surface area contributed by atoms with Gasteiger partial charge in [-0.25, -0.2) is 4.79 Å². The first kappa shape index (κ1) is 13.7. The second-order valence-corrected chi connectivity index (χ2v) is 6.24. The monoisotopic (exact) mass is 280 g/mol. The fraction of sp³-hybridized carbons (Fsp3) is 0.857. The Hall–Kier alpha value is -1.30. The minimum absolute atomic E-state index is 0.0459. The maximum atomic E-state index is 12.2. The van der Waals surface area contributed by atoms with Crippen LogP contribution < -0.4 is 11.1 Å². The molecule has 3 amide bonds. The third-order valence-electron chi connectivity index (χ3n) is 4.79. The third-order valence-corrected chi connectivity index (χ3v) is 4.79. The van der Waals surface area contributed by atoms with E-state index in [0.29, 0.717) is 18.4 Å². The van der Waals surface area contributed by atoms with Crippen molar-refractivity contribution in [1.82, 2.24) is 15.1 Å². The van der Waals surface area contributed by atoms with Gasteiger partial charge in [0.1, 0.15) is 0 Å². The van der Waals surface area contributed by atoms with Crippen molar-refractivity contribution in [1.29, 1.82) is 0 Å². The Labute approximate surface area is 119 Å². The molecule has 3 rings (SSSR count). The van der Waals surface area contributed by atoms with Crippen LogP contribution in [-0.4, -0.2) is 60.0 Å². The molecule has 0 aromatic carbocycles. The first-order valence-electron chi connectivity index (χ1n) is 7.73. The maximum Gasteiger partial charge on any atom is 0.317 e. The molecule has 2 saturated heterocycles. The van der Waals surface area contributed by atoms with Gasteiger partial charge in [0.15, 0.2) is 0 Å². The van der Waals surface area contributed by atoms with Crippen LogP contribution in [0.4, 0.5) is 4.79 Å². The van der Waals surface area contributed by atoms with E-state index in [1.807, 2.05) is 9.80 Å². The fourth-order valence-electron chi connectivity index (χ4n) is 3.28. The van der Waals surface area contributed by atoms with E-state index in [2.05, 4.69) is 5.32 Å². The first-order chi connectivity index (χ1) is 9.65. The highest BCUT2D eigenvalue weighted by molar-refractivity contribution is 5.78. The molecule has 1 saturated carbocycles. The lowest BCUT2D eigenvalue weighted by Gasteiger charge is -2.36. The van der Waals surface area contributed by atoms with Gasteiger partial charge in [0.25, 0.3) is 0 Å². The molecule has 3 aliphatic rings. The maximum absolute atomic E-state index is 12.2. The highest BCUT2D eigenvalue weighted by Gasteiger charge is 2.34. The normalized spacial score (nSPS) is 25.8. The number of likely N-dealkylation sites (tertiary alicyclic amines) is 1. The van der Waals surface area contributed by atoms with E-state index >= 15 is 0 Å². The molecule has 112 valence electrons. The Bertz CT molecular complexity index is 389. The first-order valence-corrected chi connectivity index (χ1v) is 7.73. The van der Waals surface area contributed by atoms with E-state index in [-0.39, 0.29) is 18.0 Å². The molecule has 3 N–H and O–H groups in total. The van der Waals surface area contributed by atoms with Gasteiger partial charge in [0.05, 0.1) is 0 Å². The standard InChI is InChI=1S/C14H24N4O2/c15-12(10-1-2-10)9-13(19)17-6-3-11(4-7-17)18-8-5-16-14(18)20/h10-12H,1-9,15H2,(H,16,20). The highest BCUT2D eigenvalue weighted by atomic mass is 16.2. The van der Waals surface area contributed by atoms with Gasteiger partial charge in [0.2, 0.25) is 5.91 Å². The number of nitrogens with zero attached hydrogens (tertiary/aromatic N) is 2. The zero-order valence-electron chi connectivity index (χ0n) is 11.9. The highest BCUT2D eigenvalue weighted by Crippen LogP contribution is 2.33. The Morgan fingerprint density at radius 3 is 2.50 bits per heavy atom. The largest absolute Gasteiger partial charge is 0.342 e. The van der Waals surface area contributed by atoms with E-state index in [4.69, 9.17) is 5.73 Å². The number of rotatable bonds is 4. The number of nitrogens with two attached hydrogens (primary N) is 1. The topological polar surface area (TPSA) is 78.7 Å². The second kappa shape index (κ2) is 5.60. The number of amides is 3. The van der Waals surface area contributed by atoms with Crippen molar-refractivity contribution in [3.8, 4) is 0 Å². The van der Waals surface area contributed by atoms with Crippen LogP contribution in [0.5, 0.6) is 0 Å². The summed E-state index contributed by atoms with van der Waals surface area (Å²) in [5.41, 5.74) is 6.02. The molecule has 6 heteroatoms. The molecule has 0 aromatic rings. The summed E-state index contributed by atoms with van der Waals surface area (Å²) in [6, 6.07) is 0.383. The summed E-state index contributed by atoms with van der Waals surface area (Å²) in [5.74, 6) is 0.763. The van der Waals surface area contributed by atoms with Crippen molar-refractivity contribution in [3.05, 3.63) is 0 Å². The van der Waals surface area contributed by atoms with Gasteiger partial charge in [-0.2, -0.15) is 0 Å². The lowest BCUT2D eigenvalue weighted by atomic mass is 10.0. The van der Waals surface area contributed by atoms with Crippen molar-refractivity contribution < 1.29 is 9.59 Å². The van der Waals surface area contributed by atoms with Gasteiger partial charge in [-0.05, 0) is 31.6 Å². The number of hydrogen-bond acceptors (Lipinski definition) is 3.